The lowest BCUT2D eigenvalue weighted by atomic mass is 9.82. The zero-order chi connectivity index (χ0) is 21.0. The summed E-state index contributed by atoms with van der Waals surface area (Å²) < 4.78 is 11.0. The lowest BCUT2D eigenvalue weighted by molar-refractivity contribution is 0.00448. The van der Waals surface area contributed by atoms with Crippen LogP contribution in [0.2, 0.25) is 0 Å². The molecule has 9 nitrogen and oxygen atoms in total. The van der Waals surface area contributed by atoms with E-state index in [2.05, 4.69) is 32.1 Å². The average Bonchev–Trinajstić information content (AvgIpc) is 3.23. The highest BCUT2D eigenvalue weighted by molar-refractivity contribution is 8.13. The maximum absolute atomic E-state index is 12.5. The summed E-state index contributed by atoms with van der Waals surface area (Å²) >= 11 is 3.00. The fraction of sp³-hybridized carbons (Fsp3) is 0.421. The molecule has 0 saturated carbocycles. The number of fused-ring (bicyclic) bond motifs is 1. The highest BCUT2D eigenvalue weighted by Crippen LogP contribution is 2.45. The van der Waals surface area contributed by atoms with Gasteiger partial charge in [-0.2, -0.15) is 0 Å². The number of thiazole rings is 1. The minimum absolute atomic E-state index is 0.159. The molecule has 2 aliphatic heterocycles. The molecule has 0 spiro atoms. The summed E-state index contributed by atoms with van der Waals surface area (Å²) in [4.78, 5) is 30.0. The third-order valence-corrected chi connectivity index (χ3v) is 6.76. The van der Waals surface area contributed by atoms with Crippen molar-refractivity contribution in [1.29, 1.82) is 0 Å². The van der Waals surface area contributed by atoms with E-state index in [-0.39, 0.29) is 12.3 Å². The van der Waals surface area contributed by atoms with Crippen LogP contribution in [-0.2, 0) is 10.3 Å². The van der Waals surface area contributed by atoms with Crippen molar-refractivity contribution in [3.05, 3.63) is 28.5 Å². The Bertz CT molecular complexity index is 1010. The number of nitrogens with one attached hydrogen (secondary N) is 1. The molecule has 0 aromatic carbocycles. The topological polar surface area (TPSA) is 125 Å². The summed E-state index contributed by atoms with van der Waals surface area (Å²) in [6.07, 6.45) is 3.64. The van der Waals surface area contributed by atoms with E-state index < -0.39 is 11.4 Å². The standard InChI is InChI=1S/C19H20N6O3S2/c1-2-3-5-28-15-8-21-13(7-22-15)16(26)23-14-10-29-17(24-14)19-11-27-6-4-12(19)9-30-18(20)25-19/h7-8,10,12H,4-6,9,11H2,1H3,(H2,20,25)(H,23,26). The van der Waals surface area contributed by atoms with Crippen LogP contribution in [0.4, 0.5) is 5.82 Å². The predicted molar refractivity (Wildman–Crippen MR) is 116 cm³/mol. The van der Waals surface area contributed by atoms with Crippen molar-refractivity contribution in [1.82, 2.24) is 15.0 Å². The normalized spacial score (nSPS) is 22.8. The zero-order valence-corrected chi connectivity index (χ0v) is 17.9. The highest BCUT2D eigenvalue weighted by Gasteiger charge is 2.47. The van der Waals surface area contributed by atoms with Crippen LogP contribution in [0.1, 0.15) is 28.8 Å². The number of amidine groups is 1. The van der Waals surface area contributed by atoms with Gasteiger partial charge in [-0.1, -0.05) is 17.7 Å². The molecule has 156 valence electrons. The number of thioether (sulfide) groups is 1. The Morgan fingerprint density at radius 1 is 1.47 bits per heavy atom. The second-order valence-corrected chi connectivity index (χ2v) is 8.57. The summed E-state index contributed by atoms with van der Waals surface area (Å²) in [5, 5.41) is 5.88. The van der Waals surface area contributed by atoms with E-state index in [4.69, 9.17) is 20.2 Å². The Kier molecular flexibility index (Phi) is 6.17. The molecule has 30 heavy (non-hydrogen) atoms. The van der Waals surface area contributed by atoms with E-state index in [1.54, 1.807) is 24.1 Å². The van der Waals surface area contributed by atoms with Crippen LogP contribution in [0.3, 0.4) is 0 Å². The maximum atomic E-state index is 12.5. The highest BCUT2D eigenvalue weighted by atomic mass is 32.2. The molecule has 2 aromatic heterocycles. The number of hydrogen-bond donors (Lipinski definition) is 2. The van der Waals surface area contributed by atoms with Gasteiger partial charge in [-0.15, -0.1) is 17.3 Å². The molecular formula is C19H20N6O3S2. The van der Waals surface area contributed by atoms with Crippen molar-refractivity contribution in [2.45, 2.75) is 18.9 Å². The largest absolute Gasteiger partial charge is 0.463 e. The minimum atomic E-state index is -0.582. The number of anilines is 1. The van der Waals surface area contributed by atoms with Crippen LogP contribution in [0.25, 0.3) is 0 Å². The second-order valence-electron chi connectivity index (χ2n) is 6.67. The van der Waals surface area contributed by atoms with Crippen LogP contribution < -0.4 is 15.8 Å². The number of rotatable bonds is 5. The number of nitrogens with two attached hydrogens (primary N) is 1. The van der Waals surface area contributed by atoms with Gasteiger partial charge in [0, 0.05) is 23.7 Å². The molecule has 2 aromatic rings. The summed E-state index contributed by atoms with van der Waals surface area (Å²) in [6, 6.07) is 0. The monoisotopic (exact) mass is 444 g/mol. The van der Waals surface area contributed by atoms with Crippen LogP contribution in [0.15, 0.2) is 22.8 Å². The van der Waals surface area contributed by atoms with Gasteiger partial charge in [-0.25, -0.2) is 19.9 Å². The number of hydrogen-bond acceptors (Lipinski definition) is 10. The fourth-order valence-corrected chi connectivity index (χ4v) is 5.26. The molecular weight excluding hydrogens is 424 g/mol. The molecule has 1 saturated heterocycles. The summed E-state index contributed by atoms with van der Waals surface area (Å²) in [7, 11) is 0. The van der Waals surface area contributed by atoms with Crippen molar-refractivity contribution in [3.63, 3.8) is 0 Å². The van der Waals surface area contributed by atoms with Crippen molar-refractivity contribution in [2.24, 2.45) is 16.6 Å². The number of carbonyl (C=O) groups is 1. The molecule has 0 radical (unpaired) electrons. The molecule has 2 atom stereocenters. The summed E-state index contributed by atoms with van der Waals surface area (Å²) in [5.74, 6) is 7.00. The van der Waals surface area contributed by atoms with Crippen molar-refractivity contribution in [3.8, 4) is 17.7 Å². The van der Waals surface area contributed by atoms with Crippen LogP contribution >= 0.6 is 23.1 Å². The summed E-state index contributed by atoms with van der Waals surface area (Å²) in [5.41, 5.74) is 5.59. The Hall–Kier alpha value is -2.68. The third kappa shape index (κ3) is 4.26. The van der Waals surface area contributed by atoms with E-state index in [1.165, 1.54) is 23.7 Å². The Morgan fingerprint density at radius 3 is 3.17 bits per heavy atom. The Labute approximate surface area is 181 Å². The minimum Gasteiger partial charge on any atom is -0.463 e. The lowest BCUT2D eigenvalue weighted by Gasteiger charge is -2.41. The molecule has 11 heteroatoms. The van der Waals surface area contributed by atoms with E-state index in [0.29, 0.717) is 36.0 Å². The fourth-order valence-electron chi connectivity index (χ4n) is 3.25. The van der Waals surface area contributed by atoms with Crippen LogP contribution in [0, 0.1) is 17.8 Å². The SMILES string of the molecule is CC#CCOc1cnc(C(=O)Nc2csc(C34COCCC3CSC(N)=N4)n2)cn1. The first-order valence-corrected chi connectivity index (χ1v) is 11.1. The molecule has 2 aliphatic rings. The quantitative estimate of drug-likeness (QED) is 0.670. The van der Waals surface area contributed by atoms with Gasteiger partial charge in [0.25, 0.3) is 5.91 Å². The van der Waals surface area contributed by atoms with Crippen molar-refractivity contribution < 1.29 is 14.3 Å². The van der Waals surface area contributed by atoms with Gasteiger partial charge in [0.2, 0.25) is 5.88 Å². The van der Waals surface area contributed by atoms with E-state index in [9.17, 15) is 4.79 Å². The first kappa shape index (κ1) is 20.6. The first-order chi connectivity index (χ1) is 14.6. The van der Waals surface area contributed by atoms with Gasteiger partial charge in [0.05, 0.1) is 19.0 Å². The number of ether oxygens (including phenoxy) is 2. The van der Waals surface area contributed by atoms with Gasteiger partial charge in [-0.3, -0.25) is 4.79 Å². The second kappa shape index (κ2) is 8.99. The molecule has 2 unspecified atom stereocenters. The van der Waals surface area contributed by atoms with Gasteiger partial charge in [-0.05, 0) is 13.3 Å². The van der Waals surface area contributed by atoms with Crippen LogP contribution in [-0.4, -0.2) is 51.6 Å². The van der Waals surface area contributed by atoms with Crippen LogP contribution in [0.5, 0.6) is 5.88 Å². The molecule has 1 fully saturated rings. The molecule has 4 rings (SSSR count). The summed E-state index contributed by atoms with van der Waals surface area (Å²) in [6.45, 7) is 3.09. The van der Waals surface area contributed by atoms with Gasteiger partial charge < -0.3 is 20.5 Å². The molecule has 0 bridgehead atoms. The molecule has 3 N–H and O–H groups in total. The average molecular weight is 445 g/mol. The van der Waals surface area contributed by atoms with E-state index >= 15 is 0 Å². The van der Waals surface area contributed by atoms with E-state index in [1.807, 2.05) is 0 Å². The maximum Gasteiger partial charge on any atom is 0.277 e. The number of aromatic nitrogens is 3. The number of aliphatic imine (C=N–C) groups is 1. The predicted octanol–water partition coefficient (Wildman–Crippen LogP) is 1.88. The molecule has 4 heterocycles. The third-order valence-electron chi connectivity index (χ3n) is 4.80. The molecule has 0 aliphatic carbocycles. The lowest BCUT2D eigenvalue weighted by Crippen LogP contribution is -2.47. The van der Waals surface area contributed by atoms with Gasteiger partial charge in [0.15, 0.2) is 11.8 Å². The first-order valence-electron chi connectivity index (χ1n) is 9.28. The van der Waals surface area contributed by atoms with Crippen molar-refractivity contribution in [2.75, 3.05) is 30.9 Å². The number of carbonyl (C=O) groups excluding carboxylic acids is 1. The number of nitrogens with zero attached hydrogens (tertiary/aromatic N) is 4. The zero-order valence-electron chi connectivity index (χ0n) is 16.3. The Balaban J connectivity index is 1.47. The van der Waals surface area contributed by atoms with Crippen molar-refractivity contribution >= 4 is 40.0 Å². The van der Waals surface area contributed by atoms with Gasteiger partial charge in [0.1, 0.15) is 22.1 Å². The molecule has 1 amide bonds. The smallest absolute Gasteiger partial charge is 0.277 e. The Morgan fingerprint density at radius 2 is 2.37 bits per heavy atom. The van der Waals surface area contributed by atoms with E-state index in [0.717, 1.165) is 17.2 Å². The number of amides is 1. The van der Waals surface area contributed by atoms with Gasteiger partial charge >= 0.3 is 0 Å².